The molecule has 5 aromatic rings. The van der Waals surface area contributed by atoms with Gasteiger partial charge in [0.2, 0.25) is 0 Å². The summed E-state index contributed by atoms with van der Waals surface area (Å²) in [6, 6.07) is 27.1. The second-order valence-electron chi connectivity index (χ2n) is 9.58. The van der Waals surface area contributed by atoms with Crippen molar-refractivity contribution in [2.45, 2.75) is 24.8 Å². The minimum absolute atomic E-state index is 0.249. The minimum atomic E-state index is -0.308. The van der Waals surface area contributed by atoms with Gasteiger partial charge in [0.1, 0.15) is 17.3 Å². The van der Waals surface area contributed by atoms with Crippen LogP contribution in [-0.4, -0.2) is 14.5 Å². The van der Waals surface area contributed by atoms with Gasteiger partial charge >= 0.3 is 0 Å². The molecule has 36 heavy (non-hydrogen) atoms. The van der Waals surface area contributed by atoms with Gasteiger partial charge in [-0.15, -0.1) is 0 Å². The van der Waals surface area contributed by atoms with E-state index in [4.69, 9.17) is 10.7 Å². The van der Waals surface area contributed by atoms with Gasteiger partial charge in [-0.3, -0.25) is 4.57 Å². The summed E-state index contributed by atoms with van der Waals surface area (Å²) in [7, 11) is 0. The smallest absolute Gasteiger partial charge is 0.154 e. The van der Waals surface area contributed by atoms with Crippen molar-refractivity contribution in [1.29, 1.82) is 0 Å². The lowest BCUT2D eigenvalue weighted by atomic mass is 9.72. The van der Waals surface area contributed by atoms with Crippen LogP contribution >= 0.6 is 0 Å². The van der Waals surface area contributed by atoms with Crippen LogP contribution in [0.5, 0.6) is 0 Å². The highest BCUT2D eigenvalue weighted by molar-refractivity contribution is 5.90. The Bertz CT molecular complexity index is 1620. The van der Waals surface area contributed by atoms with Gasteiger partial charge in [0.05, 0.1) is 17.1 Å². The number of hydrogen-bond acceptors (Lipinski definition) is 4. The van der Waals surface area contributed by atoms with Gasteiger partial charge in [-0.1, -0.05) is 48.5 Å². The number of rotatable bonds is 3. The zero-order valence-corrected chi connectivity index (χ0v) is 19.6. The van der Waals surface area contributed by atoms with Crippen LogP contribution in [0, 0.1) is 5.82 Å². The van der Waals surface area contributed by atoms with Crippen LogP contribution in [0.25, 0.3) is 39.6 Å². The number of para-hydroxylation sites is 1. The summed E-state index contributed by atoms with van der Waals surface area (Å²) in [5.74, 6) is 1.14. The fraction of sp³-hybridized carbons (Fsp3) is 0.133. The fourth-order valence-electron chi connectivity index (χ4n) is 5.34. The second-order valence-corrected chi connectivity index (χ2v) is 9.58. The Labute approximate surface area is 208 Å². The van der Waals surface area contributed by atoms with Crippen molar-refractivity contribution in [2.24, 2.45) is 5.73 Å². The molecule has 1 fully saturated rings. The van der Waals surface area contributed by atoms with Crippen molar-refractivity contribution in [3.8, 4) is 39.6 Å². The predicted octanol–water partition coefficient (Wildman–Crippen LogP) is 6.80. The molecule has 0 atom stereocenters. The van der Waals surface area contributed by atoms with Crippen LogP contribution in [0.4, 0.5) is 15.9 Å². The molecule has 0 amide bonds. The number of nitrogens with zero attached hydrogens (tertiary/aromatic N) is 3. The maximum Gasteiger partial charge on any atom is 0.154 e. The van der Waals surface area contributed by atoms with Gasteiger partial charge in [0.25, 0.3) is 0 Å². The number of nitrogens with one attached hydrogen (secondary N) is 1. The third-order valence-electron chi connectivity index (χ3n) is 7.43. The Hall–Kier alpha value is -4.29. The summed E-state index contributed by atoms with van der Waals surface area (Å²) in [6.45, 7) is 0. The van der Waals surface area contributed by atoms with Crippen LogP contribution < -0.4 is 11.1 Å². The Balaban J connectivity index is 1.55. The lowest BCUT2D eigenvalue weighted by molar-refractivity contribution is 0.253. The van der Waals surface area contributed by atoms with E-state index in [1.165, 1.54) is 6.07 Å². The number of halogens is 1. The highest BCUT2D eigenvalue weighted by Crippen LogP contribution is 2.45. The maximum absolute atomic E-state index is 15.2. The normalized spacial score (nSPS) is 15.1. The number of imidazole rings is 1. The number of pyridine rings is 1. The van der Waals surface area contributed by atoms with Gasteiger partial charge in [-0.25, -0.2) is 14.4 Å². The number of fused-ring (bicyclic) bond motifs is 5. The Morgan fingerprint density at radius 1 is 0.861 bits per heavy atom. The van der Waals surface area contributed by atoms with E-state index in [1.807, 2.05) is 42.5 Å². The summed E-state index contributed by atoms with van der Waals surface area (Å²) in [5.41, 5.74) is 13.0. The molecule has 0 saturated heterocycles. The van der Waals surface area contributed by atoms with E-state index in [2.05, 4.69) is 39.1 Å². The Morgan fingerprint density at radius 3 is 2.36 bits per heavy atom. The molecule has 0 unspecified atom stereocenters. The molecule has 2 aliphatic rings. The molecule has 3 heterocycles. The number of anilines is 2. The molecular weight excluding hydrogens is 449 g/mol. The van der Waals surface area contributed by atoms with Crippen molar-refractivity contribution in [3.63, 3.8) is 0 Å². The van der Waals surface area contributed by atoms with Crippen LogP contribution in [0.3, 0.4) is 0 Å². The zero-order chi connectivity index (χ0) is 24.3. The molecule has 1 saturated carbocycles. The lowest BCUT2D eigenvalue weighted by Gasteiger charge is -2.38. The summed E-state index contributed by atoms with van der Waals surface area (Å²) in [4.78, 5) is 9.71. The average molecular weight is 474 g/mol. The molecule has 3 N–H and O–H groups in total. The lowest BCUT2D eigenvalue weighted by Crippen LogP contribution is -2.43. The average Bonchev–Trinajstić information content (AvgIpc) is 3.22. The second kappa shape index (κ2) is 7.86. The minimum Gasteiger partial charge on any atom is -0.338 e. The maximum atomic E-state index is 15.2. The number of hydrogen-bond donors (Lipinski definition) is 2. The SMILES string of the molecule is NC1(c2ccc(-c3c(-c4ccccc4F)nc4n3-c3cccnc3Nc3ccccc3-4)cc2)CCC1. The highest BCUT2D eigenvalue weighted by Gasteiger charge is 2.34. The van der Waals surface area contributed by atoms with E-state index in [1.54, 1.807) is 18.3 Å². The van der Waals surface area contributed by atoms with Crippen molar-refractivity contribution < 1.29 is 4.39 Å². The first-order valence-corrected chi connectivity index (χ1v) is 12.2. The molecule has 1 aliphatic heterocycles. The van der Waals surface area contributed by atoms with E-state index < -0.39 is 0 Å². The molecule has 0 radical (unpaired) electrons. The number of aromatic nitrogens is 3. The van der Waals surface area contributed by atoms with Crippen molar-refractivity contribution in [2.75, 3.05) is 5.32 Å². The monoisotopic (exact) mass is 473 g/mol. The van der Waals surface area contributed by atoms with Gasteiger partial charge in [0.15, 0.2) is 5.82 Å². The summed E-state index contributed by atoms with van der Waals surface area (Å²) in [6.07, 6.45) is 4.91. The van der Waals surface area contributed by atoms with Gasteiger partial charge in [-0.2, -0.15) is 0 Å². The standard InChI is InChI=1S/C30H24FN5/c31-23-9-3-1-7-21(23)26-27(19-12-14-20(15-13-19)30(32)16-6-17-30)36-25-11-5-18-33-28(25)34-24-10-4-2-8-22(24)29(36)35-26/h1-5,7-15,18H,6,16-17,32H2,(H,33,34). The van der Waals surface area contributed by atoms with Gasteiger partial charge < -0.3 is 11.1 Å². The van der Waals surface area contributed by atoms with Crippen LogP contribution in [0.1, 0.15) is 24.8 Å². The van der Waals surface area contributed by atoms with Crippen LogP contribution in [0.2, 0.25) is 0 Å². The molecule has 176 valence electrons. The third kappa shape index (κ3) is 3.11. The molecule has 3 aromatic carbocycles. The zero-order valence-electron chi connectivity index (χ0n) is 19.6. The molecule has 1 aliphatic carbocycles. The fourth-order valence-corrected chi connectivity index (χ4v) is 5.34. The molecule has 2 aromatic heterocycles. The molecular formula is C30H24FN5. The van der Waals surface area contributed by atoms with E-state index in [9.17, 15) is 0 Å². The third-order valence-corrected chi connectivity index (χ3v) is 7.43. The molecule has 5 nitrogen and oxygen atoms in total. The Kier molecular flexibility index (Phi) is 4.59. The predicted molar refractivity (Wildman–Crippen MR) is 141 cm³/mol. The van der Waals surface area contributed by atoms with Crippen LogP contribution in [-0.2, 0) is 5.54 Å². The summed E-state index contributed by atoms with van der Waals surface area (Å²) < 4.78 is 17.3. The molecule has 6 heteroatoms. The quantitative estimate of drug-likeness (QED) is 0.297. The van der Waals surface area contributed by atoms with E-state index in [0.717, 1.165) is 64.7 Å². The highest BCUT2D eigenvalue weighted by atomic mass is 19.1. The van der Waals surface area contributed by atoms with Crippen LogP contribution in [0.15, 0.2) is 91.1 Å². The van der Waals surface area contributed by atoms with Crippen molar-refractivity contribution in [1.82, 2.24) is 14.5 Å². The first-order chi connectivity index (χ1) is 17.6. The largest absolute Gasteiger partial charge is 0.338 e. The first kappa shape index (κ1) is 21.0. The van der Waals surface area contributed by atoms with Gasteiger partial charge in [0, 0.05) is 28.4 Å². The van der Waals surface area contributed by atoms with Crippen molar-refractivity contribution >= 4 is 11.5 Å². The number of benzene rings is 3. The van der Waals surface area contributed by atoms with E-state index in [0.29, 0.717) is 11.3 Å². The van der Waals surface area contributed by atoms with E-state index >= 15 is 4.39 Å². The molecule has 7 rings (SSSR count). The first-order valence-electron chi connectivity index (χ1n) is 12.2. The number of nitrogens with two attached hydrogens (primary N) is 1. The Morgan fingerprint density at radius 2 is 1.61 bits per heavy atom. The molecule has 0 spiro atoms. The topological polar surface area (TPSA) is 68.8 Å². The molecule has 0 bridgehead atoms. The summed E-state index contributed by atoms with van der Waals surface area (Å²) >= 11 is 0. The van der Waals surface area contributed by atoms with E-state index in [-0.39, 0.29) is 11.4 Å². The van der Waals surface area contributed by atoms with Gasteiger partial charge in [-0.05, 0) is 61.2 Å². The van der Waals surface area contributed by atoms with Crippen molar-refractivity contribution in [3.05, 3.63) is 103 Å². The summed E-state index contributed by atoms with van der Waals surface area (Å²) in [5, 5.41) is 3.47.